The molecule has 0 aliphatic carbocycles. The van der Waals surface area contributed by atoms with Crippen LogP contribution < -0.4 is 0 Å². The molecular formula is C13H11N3S. The average molecular weight is 241 g/mol. The fourth-order valence-electron chi connectivity index (χ4n) is 1.30. The molecule has 0 aliphatic heterocycles. The van der Waals surface area contributed by atoms with Crippen molar-refractivity contribution in [3.8, 4) is 0 Å². The standard InChI is InChI=1S/C8H6N2.C5H5NS/c1-2-4-8-7(3-1)5-9-6-10-8;7-5-3-1-2-4-6-5/h1-6H;1-4H,(H,6,7). The number of H-pyrrole nitrogens is 1. The highest BCUT2D eigenvalue weighted by Gasteiger charge is 1.87. The summed E-state index contributed by atoms with van der Waals surface area (Å²) in [6.45, 7) is 0. The summed E-state index contributed by atoms with van der Waals surface area (Å²) in [4.78, 5) is 10.8. The van der Waals surface area contributed by atoms with E-state index in [0.717, 1.165) is 15.5 Å². The smallest absolute Gasteiger partial charge is 0.116 e. The first kappa shape index (κ1) is 11.4. The average Bonchev–Trinajstić information content (AvgIpc) is 2.41. The van der Waals surface area contributed by atoms with E-state index in [1.165, 1.54) is 0 Å². The molecular weight excluding hydrogens is 230 g/mol. The van der Waals surface area contributed by atoms with Crippen LogP contribution >= 0.6 is 12.2 Å². The lowest BCUT2D eigenvalue weighted by molar-refractivity contribution is 1.22. The van der Waals surface area contributed by atoms with Crippen LogP contribution in [0.15, 0.2) is 61.2 Å². The van der Waals surface area contributed by atoms with E-state index in [-0.39, 0.29) is 0 Å². The molecule has 1 N–H and O–H groups in total. The summed E-state index contributed by atoms with van der Waals surface area (Å²) >= 11 is 4.76. The molecule has 0 unspecified atom stereocenters. The maximum Gasteiger partial charge on any atom is 0.116 e. The second-order valence-electron chi connectivity index (χ2n) is 3.31. The Morgan fingerprint density at radius 3 is 2.47 bits per heavy atom. The van der Waals surface area contributed by atoms with Gasteiger partial charge in [0.25, 0.3) is 0 Å². The SMILES string of the molecule is S=c1cccc[nH]1.c1ccc2ncncc2c1. The van der Waals surface area contributed by atoms with Crippen molar-refractivity contribution in [3.05, 3.63) is 65.8 Å². The molecule has 0 fully saturated rings. The first-order valence-electron chi connectivity index (χ1n) is 5.15. The zero-order valence-corrected chi connectivity index (χ0v) is 9.89. The van der Waals surface area contributed by atoms with Crippen LogP contribution in [0.25, 0.3) is 10.9 Å². The highest BCUT2D eigenvalue weighted by molar-refractivity contribution is 7.71. The second kappa shape index (κ2) is 5.86. The number of fused-ring (bicyclic) bond motifs is 1. The maximum atomic E-state index is 4.76. The van der Waals surface area contributed by atoms with Crippen molar-refractivity contribution in [2.75, 3.05) is 0 Å². The van der Waals surface area contributed by atoms with Crippen molar-refractivity contribution in [2.45, 2.75) is 0 Å². The summed E-state index contributed by atoms with van der Waals surface area (Å²) < 4.78 is 0.780. The quantitative estimate of drug-likeness (QED) is 0.613. The molecule has 0 radical (unpaired) electrons. The van der Waals surface area contributed by atoms with E-state index in [0.29, 0.717) is 0 Å². The van der Waals surface area contributed by atoms with Gasteiger partial charge in [-0.1, -0.05) is 36.5 Å². The molecule has 0 amide bonds. The number of nitrogens with one attached hydrogen (secondary N) is 1. The molecule has 0 bridgehead atoms. The molecule has 3 aromatic rings. The van der Waals surface area contributed by atoms with Gasteiger partial charge in [-0.2, -0.15) is 0 Å². The maximum absolute atomic E-state index is 4.76. The van der Waals surface area contributed by atoms with Crippen LogP contribution in [0.3, 0.4) is 0 Å². The number of para-hydroxylation sites is 1. The number of hydrogen-bond donors (Lipinski definition) is 1. The van der Waals surface area contributed by atoms with Gasteiger partial charge in [-0.25, -0.2) is 9.97 Å². The number of aromatic amines is 1. The zero-order valence-electron chi connectivity index (χ0n) is 9.08. The fraction of sp³-hybridized carbons (Fsp3) is 0. The molecule has 3 rings (SSSR count). The topological polar surface area (TPSA) is 41.6 Å². The number of rotatable bonds is 0. The molecule has 2 aromatic heterocycles. The van der Waals surface area contributed by atoms with Gasteiger partial charge in [0, 0.05) is 17.8 Å². The van der Waals surface area contributed by atoms with Gasteiger partial charge in [0.1, 0.15) is 11.0 Å². The first-order chi connectivity index (χ1) is 8.36. The molecule has 0 saturated carbocycles. The number of hydrogen-bond acceptors (Lipinski definition) is 3. The third kappa shape index (κ3) is 3.46. The Balaban J connectivity index is 0.000000136. The van der Waals surface area contributed by atoms with E-state index in [1.54, 1.807) is 6.33 Å². The van der Waals surface area contributed by atoms with Gasteiger partial charge in [-0.15, -0.1) is 0 Å². The molecule has 1 aromatic carbocycles. The van der Waals surface area contributed by atoms with Crippen molar-refractivity contribution < 1.29 is 0 Å². The van der Waals surface area contributed by atoms with E-state index in [2.05, 4.69) is 15.0 Å². The molecule has 0 aliphatic rings. The predicted molar refractivity (Wildman–Crippen MR) is 71.2 cm³/mol. The third-order valence-electron chi connectivity index (χ3n) is 2.09. The van der Waals surface area contributed by atoms with Crippen LogP contribution in [0.2, 0.25) is 0 Å². The fourth-order valence-corrected chi connectivity index (χ4v) is 1.45. The summed E-state index contributed by atoms with van der Waals surface area (Å²) in [5.41, 5.74) is 0.998. The van der Waals surface area contributed by atoms with Gasteiger partial charge >= 0.3 is 0 Å². The van der Waals surface area contributed by atoms with Gasteiger partial charge in [-0.3, -0.25) is 0 Å². The summed E-state index contributed by atoms with van der Waals surface area (Å²) in [7, 11) is 0. The van der Waals surface area contributed by atoms with Crippen LogP contribution in [0, 0.1) is 4.64 Å². The number of aromatic nitrogens is 3. The minimum Gasteiger partial charge on any atom is -0.353 e. The Morgan fingerprint density at radius 2 is 1.82 bits per heavy atom. The highest BCUT2D eigenvalue weighted by atomic mass is 32.1. The molecule has 2 heterocycles. The van der Waals surface area contributed by atoms with Crippen molar-refractivity contribution in [3.63, 3.8) is 0 Å². The van der Waals surface area contributed by atoms with Crippen LogP contribution in [0.5, 0.6) is 0 Å². The lowest BCUT2D eigenvalue weighted by Gasteiger charge is -1.90. The Morgan fingerprint density at radius 1 is 1.00 bits per heavy atom. The van der Waals surface area contributed by atoms with Gasteiger partial charge in [-0.05, 0) is 18.2 Å². The van der Waals surface area contributed by atoms with Crippen molar-refractivity contribution in [1.29, 1.82) is 0 Å². The summed E-state index contributed by atoms with van der Waals surface area (Å²) in [6.07, 6.45) is 5.17. The predicted octanol–water partition coefficient (Wildman–Crippen LogP) is 3.37. The summed E-state index contributed by atoms with van der Waals surface area (Å²) in [6, 6.07) is 13.6. The van der Waals surface area contributed by atoms with E-state index >= 15 is 0 Å². The van der Waals surface area contributed by atoms with Gasteiger partial charge in [0.05, 0.1) is 5.52 Å². The summed E-state index contributed by atoms with van der Waals surface area (Å²) in [5.74, 6) is 0. The Labute approximate surface area is 104 Å². The van der Waals surface area contributed by atoms with Crippen LogP contribution in [0.4, 0.5) is 0 Å². The zero-order chi connectivity index (χ0) is 11.9. The first-order valence-corrected chi connectivity index (χ1v) is 5.55. The van der Waals surface area contributed by atoms with Gasteiger partial charge in [0.2, 0.25) is 0 Å². The number of nitrogens with zero attached hydrogens (tertiary/aromatic N) is 2. The highest BCUT2D eigenvalue weighted by Crippen LogP contribution is 2.06. The van der Waals surface area contributed by atoms with E-state index in [1.807, 2.05) is 54.9 Å². The minimum absolute atomic E-state index is 0.780. The van der Waals surface area contributed by atoms with Crippen molar-refractivity contribution >= 4 is 23.1 Å². The molecule has 0 atom stereocenters. The largest absolute Gasteiger partial charge is 0.353 e. The Bertz CT molecular complexity index is 566. The van der Waals surface area contributed by atoms with Crippen LogP contribution in [-0.4, -0.2) is 15.0 Å². The Kier molecular flexibility index (Phi) is 3.94. The van der Waals surface area contributed by atoms with Crippen LogP contribution in [-0.2, 0) is 0 Å². The third-order valence-corrected chi connectivity index (χ3v) is 2.35. The molecule has 3 nitrogen and oxygen atoms in total. The number of pyridine rings is 1. The molecule has 4 heteroatoms. The molecule has 0 saturated heterocycles. The normalized spacial score (nSPS) is 9.41. The molecule has 17 heavy (non-hydrogen) atoms. The second-order valence-corrected chi connectivity index (χ2v) is 3.75. The van der Waals surface area contributed by atoms with E-state index < -0.39 is 0 Å². The minimum atomic E-state index is 0.780. The Hall–Kier alpha value is -2.07. The van der Waals surface area contributed by atoms with Gasteiger partial charge < -0.3 is 4.98 Å². The van der Waals surface area contributed by atoms with Crippen molar-refractivity contribution in [2.24, 2.45) is 0 Å². The molecule has 0 spiro atoms. The summed E-state index contributed by atoms with van der Waals surface area (Å²) in [5, 5.41) is 1.09. The number of benzene rings is 1. The van der Waals surface area contributed by atoms with E-state index in [9.17, 15) is 0 Å². The van der Waals surface area contributed by atoms with Gasteiger partial charge in [0.15, 0.2) is 0 Å². The van der Waals surface area contributed by atoms with Crippen molar-refractivity contribution in [1.82, 2.24) is 15.0 Å². The lowest BCUT2D eigenvalue weighted by Crippen LogP contribution is -1.77. The monoisotopic (exact) mass is 241 g/mol. The van der Waals surface area contributed by atoms with Crippen LogP contribution in [0.1, 0.15) is 0 Å². The lowest BCUT2D eigenvalue weighted by atomic mass is 10.2. The molecule has 84 valence electrons. The van der Waals surface area contributed by atoms with E-state index in [4.69, 9.17) is 12.2 Å².